The smallest absolute Gasteiger partial charge is 0.241 e. The molecule has 1 aliphatic rings. The highest BCUT2D eigenvalue weighted by molar-refractivity contribution is 7.89. The van der Waals surface area contributed by atoms with E-state index in [9.17, 15) is 13.2 Å². The van der Waals surface area contributed by atoms with Crippen LogP contribution in [0.3, 0.4) is 0 Å². The second kappa shape index (κ2) is 6.37. The molecule has 20 heavy (non-hydrogen) atoms. The topological polar surface area (TPSA) is 75.3 Å². The van der Waals surface area contributed by atoms with Gasteiger partial charge < -0.3 is 5.32 Å². The van der Waals surface area contributed by atoms with Crippen LogP contribution in [-0.4, -0.2) is 26.9 Å². The van der Waals surface area contributed by atoms with Crippen LogP contribution in [-0.2, 0) is 21.2 Å². The number of aryl methyl sites for hydroxylation is 1. The van der Waals surface area contributed by atoms with E-state index in [1.165, 1.54) is 0 Å². The molecule has 2 rings (SSSR count). The minimum atomic E-state index is -3.64. The van der Waals surface area contributed by atoms with E-state index in [0.29, 0.717) is 13.0 Å². The van der Waals surface area contributed by atoms with E-state index in [0.717, 1.165) is 24.8 Å². The minimum absolute atomic E-state index is 0.201. The van der Waals surface area contributed by atoms with Crippen LogP contribution in [0.15, 0.2) is 29.2 Å². The molecule has 6 heteroatoms. The summed E-state index contributed by atoms with van der Waals surface area (Å²) in [5.41, 5.74) is 1.08. The second-order valence-corrected chi connectivity index (χ2v) is 6.67. The van der Waals surface area contributed by atoms with Crippen molar-refractivity contribution in [1.82, 2.24) is 10.0 Å². The summed E-state index contributed by atoms with van der Waals surface area (Å²) in [5.74, 6) is -0.240. The van der Waals surface area contributed by atoms with E-state index in [-0.39, 0.29) is 10.8 Å². The molecule has 1 aromatic rings. The van der Waals surface area contributed by atoms with Crippen LogP contribution in [0.4, 0.5) is 0 Å². The number of benzene rings is 1. The third-order valence-electron chi connectivity index (χ3n) is 3.47. The maximum atomic E-state index is 12.3. The summed E-state index contributed by atoms with van der Waals surface area (Å²) in [6.07, 6.45) is 3.12. The molecule has 2 N–H and O–H groups in total. The van der Waals surface area contributed by atoms with Gasteiger partial charge in [-0.05, 0) is 43.4 Å². The first-order valence-corrected chi connectivity index (χ1v) is 8.40. The Kier molecular flexibility index (Phi) is 4.77. The number of rotatable bonds is 4. The molecule has 1 aliphatic heterocycles. The van der Waals surface area contributed by atoms with Gasteiger partial charge in [0, 0.05) is 6.54 Å². The number of nitrogens with one attached hydrogen (secondary N) is 2. The third-order valence-corrected chi connectivity index (χ3v) is 4.96. The number of carbonyl (C=O) groups excluding carboxylic acids is 1. The van der Waals surface area contributed by atoms with Gasteiger partial charge in [0.25, 0.3) is 0 Å². The molecule has 0 bridgehead atoms. The zero-order chi connectivity index (χ0) is 14.6. The summed E-state index contributed by atoms with van der Waals surface area (Å²) in [4.78, 5) is 12.0. The molecule has 1 amide bonds. The number of hydrogen-bond donors (Lipinski definition) is 2. The highest BCUT2D eigenvalue weighted by Gasteiger charge is 2.26. The standard InChI is InChI=1S/C14H20N2O3S/c1-2-11-6-8-12(9-7-11)20(18,19)16-13-5-3-4-10-15-14(13)17/h6-9,13,16H,2-5,10H2,1H3,(H,15,17)/t13-/m0/s1. The lowest BCUT2D eigenvalue weighted by molar-refractivity contribution is -0.122. The third kappa shape index (κ3) is 3.58. The quantitative estimate of drug-likeness (QED) is 0.876. The Morgan fingerprint density at radius 3 is 2.60 bits per heavy atom. The summed E-state index contributed by atoms with van der Waals surface area (Å²) >= 11 is 0. The van der Waals surface area contributed by atoms with Crippen LogP contribution in [0.25, 0.3) is 0 Å². The summed E-state index contributed by atoms with van der Waals surface area (Å²) in [6.45, 7) is 2.62. The van der Waals surface area contributed by atoms with Crippen LogP contribution >= 0.6 is 0 Å². The zero-order valence-corrected chi connectivity index (χ0v) is 12.4. The number of hydrogen-bond acceptors (Lipinski definition) is 3. The molecular weight excluding hydrogens is 276 g/mol. The number of carbonyl (C=O) groups is 1. The molecule has 1 saturated heterocycles. The summed E-state index contributed by atoms with van der Waals surface area (Å²) < 4.78 is 27.0. The average Bonchev–Trinajstić information content (AvgIpc) is 2.64. The molecule has 0 saturated carbocycles. The normalized spacial score (nSPS) is 20.2. The van der Waals surface area contributed by atoms with Gasteiger partial charge in [0.1, 0.15) is 6.04 Å². The van der Waals surface area contributed by atoms with E-state index < -0.39 is 16.1 Å². The van der Waals surface area contributed by atoms with E-state index in [4.69, 9.17) is 0 Å². The predicted octanol–water partition coefficient (Wildman–Crippen LogP) is 1.20. The Balaban J connectivity index is 2.14. The fourth-order valence-corrected chi connectivity index (χ4v) is 3.44. The maximum Gasteiger partial charge on any atom is 0.241 e. The first-order chi connectivity index (χ1) is 9.53. The molecule has 0 radical (unpaired) electrons. The molecule has 0 spiro atoms. The van der Waals surface area contributed by atoms with Crippen molar-refractivity contribution in [3.05, 3.63) is 29.8 Å². The molecule has 1 heterocycles. The van der Waals surface area contributed by atoms with E-state index in [2.05, 4.69) is 10.0 Å². The van der Waals surface area contributed by atoms with Crippen molar-refractivity contribution in [2.45, 2.75) is 43.5 Å². The van der Waals surface area contributed by atoms with Crippen molar-refractivity contribution in [2.24, 2.45) is 0 Å². The predicted molar refractivity (Wildman–Crippen MR) is 76.8 cm³/mol. The monoisotopic (exact) mass is 296 g/mol. The molecule has 5 nitrogen and oxygen atoms in total. The Morgan fingerprint density at radius 1 is 1.25 bits per heavy atom. The van der Waals surface area contributed by atoms with Gasteiger partial charge in [-0.1, -0.05) is 19.1 Å². The van der Waals surface area contributed by atoms with Crippen LogP contribution in [0, 0.1) is 0 Å². The van der Waals surface area contributed by atoms with Crippen LogP contribution in [0.1, 0.15) is 31.7 Å². The molecule has 0 aliphatic carbocycles. The van der Waals surface area contributed by atoms with Crippen molar-refractivity contribution in [1.29, 1.82) is 0 Å². The van der Waals surface area contributed by atoms with Gasteiger partial charge in [0.2, 0.25) is 15.9 Å². The number of amides is 1. The molecular formula is C14H20N2O3S. The van der Waals surface area contributed by atoms with Crippen molar-refractivity contribution in [2.75, 3.05) is 6.54 Å². The molecule has 0 unspecified atom stereocenters. The van der Waals surface area contributed by atoms with Crippen molar-refractivity contribution in [3.8, 4) is 0 Å². The lowest BCUT2D eigenvalue weighted by atomic mass is 10.1. The minimum Gasteiger partial charge on any atom is -0.355 e. The Labute approximate surface area is 119 Å². The van der Waals surface area contributed by atoms with Crippen molar-refractivity contribution in [3.63, 3.8) is 0 Å². The van der Waals surface area contributed by atoms with Gasteiger partial charge in [0.05, 0.1) is 4.90 Å². The van der Waals surface area contributed by atoms with Crippen molar-refractivity contribution < 1.29 is 13.2 Å². The molecule has 1 fully saturated rings. The lowest BCUT2D eigenvalue weighted by Gasteiger charge is -2.15. The highest BCUT2D eigenvalue weighted by atomic mass is 32.2. The Hall–Kier alpha value is -1.40. The fraction of sp³-hybridized carbons (Fsp3) is 0.500. The van der Waals surface area contributed by atoms with Crippen LogP contribution < -0.4 is 10.0 Å². The molecule has 0 aromatic heterocycles. The first-order valence-electron chi connectivity index (χ1n) is 6.92. The Morgan fingerprint density at radius 2 is 1.95 bits per heavy atom. The van der Waals surface area contributed by atoms with Gasteiger partial charge in [-0.15, -0.1) is 0 Å². The van der Waals surface area contributed by atoms with E-state index in [1.807, 2.05) is 6.92 Å². The first kappa shape index (κ1) is 15.0. The number of sulfonamides is 1. The molecule has 1 aromatic carbocycles. The Bertz CT molecular complexity index is 567. The van der Waals surface area contributed by atoms with Gasteiger partial charge in [-0.2, -0.15) is 4.72 Å². The fourth-order valence-electron chi connectivity index (χ4n) is 2.21. The van der Waals surface area contributed by atoms with Crippen molar-refractivity contribution >= 4 is 15.9 Å². The van der Waals surface area contributed by atoms with E-state index in [1.54, 1.807) is 24.3 Å². The van der Waals surface area contributed by atoms with E-state index >= 15 is 0 Å². The van der Waals surface area contributed by atoms with Gasteiger partial charge in [-0.25, -0.2) is 8.42 Å². The van der Waals surface area contributed by atoms with Crippen LogP contribution in [0.2, 0.25) is 0 Å². The zero-order valence-electron chi connectivity index (χ0n) is 11.6. The summed E-state index contributed by atoms with van der Waals surface area (Å²) in [5, 5.41) is 2.72. The van der Waals surface area contributed by atoms with Gasteiger partial charge >= 0.3 is 0 Å². The van der Waals surface area contributed by atoms with Crippen LogP contribution in [0.5, 0.6) is 0 Å². The SMILES string of the molecule is CCc1ccc(S(=O)(=O)N[C@H]2CCCCNC2=O)cc1. The second-order valence-electron chi connectivity index (χ2n) is 4.96. The largest absolute Gasteiger partial charge is 0.355 e. The molecule has 1 atom stereocenters. The average molecular weight is 296 g/mol. The lowest BCUT2D eigenvalue weighted by Crippen LogP contribution is -2.45. The summed E-state index contributed by atoms with van der Waals surface area (Å²) in [7, 11) is -3.64. The molecule has 110 valence electrons. The highest BCUT2D eigenvalue weighted by Crippen LogP contribution is 2.14. The maximum absolute atomic E-state index is 12.3. The van der Waals surface area contributed by atoms with Gasteiger partial charge in [-0.3, -0.25) is 4.79 Å². The van der Waals surface area contributed by atoms with Gasteiger partial charge in [0.15, 0.2) is 0 Å². The summed E-state index contributed by atoms with van der Waals surface area (Å²) in [6, 6.07) is 6.07.